The van der Waals surface area contributed by atoms with Crippen molar-refractivity contribution in [1.82, 2.24) is 4.98 Å². The molecule has 0 aliphatic carbocycles. The fraction of sp³-hybridized carbons (Fsp3) is 0.333. The number of hydrogen-bond acceptors (Lipinski definition) is 4. The molecule has 1 heterocycles. The number of aromatic nitrogens is 1. The summed E-state index contributed by atoms with van der Waals surface area (Å²) in [7, 11) is 0. The van der Waals surface area contributed by atoms with E-state index in [-0.39, 0.29) is 11.4 Å². The van der Waals surface area contributed by atoms with Crippen LogP contribution < -0.4 is 15.4 Å². The molecule has 0 saturated heterocycles. The number of hydrogen-bond donors (Lipinski definition) is 2. The summed E-state index contributed by atoms with van der Waals surface area (Å²) in [6.07, 6.45) is 3.26. The van der Waals surface area contributed by atoms with E-state index in [2.05, 4.69) is 36.4 Å². The smallest absolute Gasteiger partial charge is 0.257 e. The van der Waals surface area contributed by atoms with Crippen LogP contribution in [0.25, 0.3) is 0 Å². The molecule has 0 bridgehead atoms. The molecule has 2 rings (SSSR count). The molecular weight excluding hydrogens is 290 g/mol. The Balaban J connectivity index is 2.07. The molecule has 0 unspecified atom stereocenters. The van der Waals surface area contributed by atoms with Gasteiger partial charge in [-0.05, 0) is 58.0 Å². The Morgan fingerprint density at radius 3 is 2.43 bits per heavy atom. The van der Waals surface area contributed by atoms with Gasteiger partial charge in [0, 0.05) is 23.6 Å². The summed E-state index contributed by atoms with van der Waals surface area (Å²) in [4.78, 5) is 16.5. The van der Waals surface area contributed by atoms with E-state index in [4.69, 9.17) is 4.74 Å². The predicted molar refractivity (Wildman–Crippen MR) is 93.2 cm³/mol. The van der Waals surface area contributed by atoms with Gasteiger partial charge in [0.15, 0.2) is 0 Å². The van der Waals surface area contributed by atoms with Gasteiger partial charge in [-0.15, -0.1) is 0 Å². The molecule has 2 N–H and O–H groups in total. The number of rotatable bonds is 5. The SMILES string of the molecule is CCOc1ccc(NC(=O)c2cncc(NC(C)(C)C)c2)cc1. The maximum atomic E-state index is 12.3. The van der Waals surface area contributed by atoms with Gasteiger partial charge in [-0.2, -0.15) is 0 Å². The Labute approximate surface area is 137 Å². The summed E-state index contributed by atoms with van der Waals surface area (Å²) < 4.78 is 5.38. The van der Waals surface area contributed by atoms with Crippen molar-refractivity contribution >= 4 is 17.3 Å². The van der Waals surface area contributed by atoms with Crippen LogP contribution in [-0.2, 0) is 0 Å². The lowest BCUT2D eigenvalue weighted by Crippen LogP contribution is -2.26. The minimum atomic E-state index is -0.195. The van der Waals surface area contributed by atoms with Crippen molar-refractivity contribution in [3.8, 4) is 5.75 Å². The summed E-state index contributed by atoms with van der Waals surface area (Å²) in [5, 5.41) is 6.16. The molecule has 1 aromatic carbocycles. The van der Waals surface area contributed by atoms with Crippen LogP contribution in [-0.4, -0.2) is 23.0 Å². The second-order valence-electron chi connectivity index (χ2n) is 6.25. The molecular formula is C18H23N3O2. The van der Waals surface area contributed by atoms with Crippen LogP contribution >= 0.6 is 0 Å². The Morgan fingerprint density at radius 1 is 1.13 bits per heavy atom. The lowest BCUT2D eigenvalue weighted by Gasteiger charge is -2.22. The maximum Gasteiger partial charge on any atom is 0.257 e. The highest BCUT2D eigenvalue weighted by molar-refractivity contribution is 6.04. The average Bonchev–Trinajstić information content (AvgIpc) is 2.48. The summed E-state index contributed by atoms with van der Waals surface area (Å²) in [5.41, 5.74) is 1.95. The fourth-order valence-electron chi connectivity index (χ4n) is 2.07. The van der Waals surface area contributed by atoms with Crippen LogP contribution in [0, 0.1) is 0 Å². The highest BCUT2D eigenvalue weighted by Crippen LogP contribution is 2.18. The Kier molecular flexibility index (Phi) is 5.21. The van der Waals surface area contributed by atoms with Crippen molar-refractivity contribution in [1.29, 1.82) is 0 Å². The lowest BCUT2D eigenvalue weighted by atomic mass is 10.1. The third kappa shape index (κ3) is 5.29. The van der Waals surface area contributed by atoms with Gasteiger partial charge in [-0.3, -0.25) is 9.78 Å². The Bertz CT molecular complexity index is 661. The van der Waals surface area contributed by atoms with E-state index in [1.807, 2.05) is 31.2 Å². The first-order chi connectivity index (χ1) is 10.9. The number of anilines is 2. The van der Waals surface area contributed by atoms with Gasteiger partial charge in [-0.25, -0.2) is 0 Å². The first-order valence-corrected chi connectivity index (χ1v) is 7.65. The Hall–Kier alpha value is -2.56. The molecule has 0 fully saturated rings. The molecule has 0 radical (unpaired) electrons. The monoisotopic (exact) mass is 313 g/mol. The topological polar surface area (TPSA) is 63.2 Å². The van der Waals surface area contributed by atoms with E-state index in [1.165, 1.54) is 0 Å². The van der Waals surface area contributed by atoms with E-state index < -0.39 is 0 Å². The van der Waals surface area contributed by atoms with Crippen LogP contribution in [0.4, 0.5) is 11.4 Å². The van der Waals surface area contributed by atoms with Crippen LogP contribution in [0.2, 0.25) is 0 Å². The van der Waals surface area contributed by atoms with E-state index >= 15 is 0 Å². The van der Waals surface area contributed by atoms with Gasteiger partial charge < -0.3 is 15.4 Å². The second kappa shape index (κ2) is 7.13. The molecule has 1 aromatic heterocycles. The molecule has 1 amide bonds. The summed E-state index contributed by atoms with van der Waals surface area (Å²) in [5.74, 6) is 0.586. The first-order valence-electron chi connectivity index (χ1n) is 7.65. The normalized spacial score (nSPS) is 11.0. The number of carbonyl (C=O) groups is 1. The predicted octanol–water partition coefficient (Wildman–Crippen LogP) is 3.94. The number of amides is 1. The largest absolute Gasteiger partial charge is 0.494 e. The fourth-order valence-corrected chi connectivity index (χ4v) is 2.07. The van der Waals surface area contributed by atoms with Gasteiger partial charge in [-0.1, -0.05) is 0 Å². The van der Waals surface area contributed by atoms with Gasteiger partial charge >= 0.3 is 0 Å². The zero-order valence-corrected chi connectivity index (χ0v) is 14.0. The van der Waals surface area contributed by atoms with E-state index in [1.54, 1.807) is 18.5 Å². The minimum Gasteiger partial charge on any atom is -0.494 e. The first kappa shape index (κ1) is 16.8. The van der Waals surface area contributed by atoms with Crippen LogP contribution in [0.1, 0.15) is 38.1 Å². The summed E-state index contributed by atoms with van der Waals surface area (Å²) >= 11 is 0. The summed E-state index contributed by atoms with van der Waals surface area (Å²) in [6.45, 7) is 8.71. The Morgan fingerprint density at radius 2 is 1.83 bits per heavy atom. The molecule has 0 atom stereocenters. The molecule has 0 aliphatic heterocycles. The van der Waals surface area contributed by atoms with Crippen molar-refractivity contribution in [2.75, 3.05) is 17.2 Å². The van der Waals surface area contributed by atoms with Crippen LogP contribution in [0.15, 0.2) is 42.7 Å². The van der Waals surface area contributed by atoms with Crippen molar-refractivity contribution in [2.24, 2.45) is 0 Å². The second-order valence-corrected chi connectivity index (χ2v) is 6.25. The molecule has 122 valence electrons. The zero-order chi connectivity index (χ0) is 16.9. The zero-order valence-electron chi connectivity index (χ0n) is 14.0. The molecule has 0 aliphatic rings. The van der Waals surface area contributed by atoms with E-state index in [0.717, 1.165) is 11.4 Å². The van der Waals surface area contributed by atoms with Gasteiger partial charge in [0.1, 0.15) is 5.75 Å². The maximum absolute atomic E-state index is 12.3. The van der Waals surface area contributed by atoms with Gasteiger partial charge in [0.05, 0.1) is 17.9 Å². The van der Waals surface area contributed by atoms with Crippen molar-refractivity contribution in [3.63, 3.8) is 0 Å². The van der Waals surface area contributed by atoms with Gasteiger partial charge in [0.2, 0.25) is 0 Å². The minimum absolute atomic E-state index is 0.0914. The van der Waals surface area contributed by atoms with E-state index in [9.17, 15) is 4.79 Å². The molecule has 5 nitrogen and oxygen atoms in total. The molecule has 23 heavy (non-hydrogen) atoms. The van der Waals surface area contributed by atoms with Crippen LogP contribution in [0.5, 0.6) is 5.75 Å². The number of pyridine rings is 1. The third-order valence-electron chi connectivity index (χ3n) is 2.94. The quantitative estimate of drug-likeness (QED) is 0.877. The summed E-state index contributed by atoms with van der Waals surface area (Å²) in [6, 6.07) is 9.08. The number of carbonyl (C=O) groups excluding carboxylic acids is 1. The lowest BCUT2D eigenvalue weighted by molar-refractivity contribution is 0.102. The molecule has 2 aromatic rings. The number of nitrogens with zero attached hydrogens (tertiary/aromatic N) is 1. The number of benzene rings is 1. The average molecular weight is 313 g/mol. The third-order valence-corrected chi connectivity index (χ3v) is 2.94. The molecule has 5 heteroatoms. The highest BCUT2D eigenvalue weighted by atomic mass is 16.5. The van der Waals surface area contributed by atoms with Crippen molar-refractivity contribution < 1.29 is 9.53 Å². The van der Waals surface area contributed by atoms with E-state index in [0.29, 0.717) is 17.9 Å². The van der Waals surface area contributed by atoms with Gasteiger partial charge in [0.25, 0.3) is 5.91 Å². The molecule has 0 spiro atoms. The number of ether oxygens (including phenoxy) is 1. The van der Waals surface area contributed by atoms with Crippen molar-refractivity contribution in [3.05, 3.63) is 48.3 Å². The van der Waals surface area contributed by atoms with Crippen molar-refractivity contribution in [2.45, 2.75) is 33.2 Å². The standard InChI is InChI=1S/C18H23N3O2/c1-5-23-16-8-6-14(7-9-16)20-17(22)13-10-15(12-19-11-13)21-18(2,3)4/h6-12,21H,5H2,1-4H3,(H,20,22). The highest BCUT2D eigenvalue weighted by Gasteiger charge is 2.12. The molecule has 0 saturated carbocycles. The van der Waals surface area contributed by atoms with Crippen LogP contribution in [0.3, 0.4) is 0 Å². The number of nitrogens with one attached hydrogen (secondary N) is 2.